The molecule has 0 bridgehead atoms. The fourth-order valence-electron chi connectivity index (χ4n) is 3.47. The average molecular weight is 430 g/mol. The molecule has 0 atom stereocenters. The summed E-state index contributed by atoms with van der Waals surface area (Å²) in [6.45, 7) is 0. The number of carbonyl (C=O) groups is 2. The molecule has 1 aliphatic rings. The molecular weight excluding hydrogens is 408 g/mol. The smallest absolute Gasteiger partial charge is 0.186 e. The molecule has 1 aromatic heterocycles. The molecule has 3 aromatic rings. The Kier molecular flexibility index (Phi) is 5.59. The van der Waals surface area contributed by atoms with Crippen LogP contribution >= 0.6 is 0 Å². The largest absolute Gasteiger partial charge is 0.493 e. The van der Waals surface area contributed by atoms with Gasteiger partial charge in [0.25, 0.3) is 0 Å². The lowest BCUT2D eigenvalue weighted by Gasteiger charge is -2.19. The second-order valence-corrected chi connectivity index (χ2v) is 7.35. The maximum Gasteiger partial charge on any atom is 0.186 e. The van der Waals surface area contributed by atoms with E-state index in [1.54, 1.807) is 26.4 Å². The van der Waals surface area contributed by atoms with Crippen molar-refractivity contribution < 1.29 is 19.1 Å². The molecule has 0 amide bonds. The molecule has 1 heterocycles. The van der Waals surface area contributed by atoms with E-state index in [2.05, 4.69) is 15.3 Å². The monoisotopic (exact) mass is 430 g/mol. The molecule has 0 unspecified atom stereocenters. The minimum absolute atomic E-state index is 0.231. The number of carbonyl (C=O) groups excluding carboxylic acids is 2. The number of ether oxygens (including phenoxy) is 2. The van der Waals surface area contributed by atoms with Gasteiger partial charge in [-0.3, -0.25) is 9.59 Å². The molecule has 32 heavy (non-hydrogen) atoms. The van der Waals surface area contributed by atoms with Crippen molar-refractivity contribution in [3.63, 3.8) is 0 Å². The molecule has 0 fully saturated rings. The van der Waals surface area contributed by atoms with Crippen molar-refractivity contribution in [1.82, 2.24) is 9.97 Å². The first-order valence-electron chi connectivity index (χ1n) is 9.85. The topological polar surface area (TPSA) is 93.7 Å². The quantitative estimate of drug-likeness (QED) is 0.594. The summed E-state index contributed by atoms with van der Waals surface area (Å²) in [5.41, 5.74) is 3.11. The number of anilines is 3. The van der Waals surface area contributed by atoms with Crippen molar-refractivity contribution in [3.8, 4) is 11.5 Å². The van der Waals surface area contributed by atoms with Crippen LogP contribution in [0.2, 0.25) is 0 Å². The fraction of sp³-hybridized carbons (Fsp3) is 0.167. The number of benzene rings is 2. The zero-order valence-electron chi connectivity index (χ0n) is 18.2. The van der Waals surface area contributed by atoms with Gasteiger partial charge in [-0.25, -0.2) is 9.97 Å². The van der Waals surface area contributed by atoms with E-state index >= 15 is 0 Å². The van der Waals surface area contributed by atoms with Crippen molar-refractivity contribution in [3.05, 3.63) is 60.5 Å². The summed E-state index contributed by atoms with van der Waals surface area (Å²) in [4.78, 5) is 35.2. The van der Waals surface area contributed by atoms with E-state index in [1.165, 1.54) is 24.6 Å². The number of nitrogens with zero attached hydrogens (tertiary/aromatic N) is 3. The van der Waals surface area contributed by atoms with Crippen LogP contribution in [-0.2, 0) is 9.59 Å². The van der Waals surface area contributed by atoms with Crippen LogP contribution in [0.15, 0.2) is 54.9 Å². The number of methoxy groups -OCH3 is 2. The van der Waals surface area contributed by atoms with Gasteiger partial charge in [0.2, 0.25) is 0 Å². The van der Waals surface area contributed by atoms with E-state index in [1.807, 2.05) is 37.2 Å². The Morgan fingerprint density at radius 2 is 1.69 bits per heavy atom. The minimum atomic E-state index is -0.234. The van der Waals surface area contributed by atoms with E-state index < -0.39 is 0 Å². The third-order valence-electron chi connectivity index (χ3n) is 5.15. The molecule has 0 saturated heterocycles. The van der Waals surface area contributed by atoms with Gasteiger partial charge in [0.15, 0.2) is 23.1 Å². The van der Waals surface area contributed by atoms with Gasteiger partial charge in [-0.15, -0.1) is 0 Å². The first kappa shape index (κ1) is 21.0. The maximum absolute atomic E-state index is 12.6. The summed E-state index contributed by atoms with van der Waals surface area (Å²) in [6, 6.07) is 9.21. The van der Waals surface area contributed by atoms with Gasteiger partial charge in [0.05, 0.1) is 19.7 Å². The van der Waals surface area contributed by atoms with Crippen molar-refractivity contribution in [2.45, 2.75) is 0 Å². The van der Waals surface area contributed by atoms with Crippen LogP contribution in [0, 0.1) is 0 Å². The highest BCUT2D eigenvalue weighted by Crippen LogP contribution is 2.36. The molecule has 0 spiro atoms. The van der Waals surface area contributed by atoms with E-state index in [4.69, 9.17) is 9.47 Å². The average Bonchev–Trinajstić information content (AvgIpc) is 2.80. The van der Waals surface area contributed by atoms with Gasteiger partial charge in [-0.2, -0.15) is 0 Å². The third kappa shape index (κ3) is 3.90. The lowest BCUT2D eigenvalue weighted by atomic mass is 9.94. The van der Waals surface area contributed by atoms with E-state index in [-0.39, 0.29) is 11.6 Å². The number of nitrogens with one attached hydrogen (secondary N) is 1. The predicted molar refractivity (Wildman–Crippen MR) is 124 cm³/mol. The summed E-state index contributed by atoms with van der Waals surface area (Å²) >= 11 is 0. The molecule has 0 saturated carbocycles. The number of hydrogen-bond donors (Lipinski definition) is 1. The second kappa shape index (κ2) is 8.50. The molecule has 0 radical (unpaired) electrons. The summed E-state index contributed by atoms with van der Waals surface area (Å²) in [5.74, 6) is 1.17. The zero-order chi connectivity index (χ0) is 22.8. The van der Waals surface area contributed by atoms with Crippen LogP contribution < -0.4 is 19.7 Å². The van der Waals surface area contributed by atoms with Crippen molar-refractivity contribution in [2.24, 2.45) is 0 Å². The third-order valence-corrected chi connectivity index (χ3v) is 5.15. The number of hydrogen-bond acceptors (Lipinski definition) is 8. The Labute approximate surface area is 185 Å². The molecule has 4 rings (SSSR count). The fourth-order valence-corrected chi connectivity index (χ4v) is 3.47. The van der Waals surface area contributed by atoms with Crippen molar-refractivity contribution >= 4 is 45.2 Å². The first-order chi connectivity index (χ1) is 15.4. The second-order valence-electron chi connectivity index (χ2n) is 7.35. The van der Waals surface area contributed by atoms with Crippen LogP contribution in [0.1, 0.15) is 5.56 Å². The molecule has 8 nitrogen and oxygen atoms in total. The van der Waals surface area contributed by atoms with Crippen molar-refractivity contribution in [1.29, 1.82) is 0 Å². The van der Waals surface area contributed by atoms with Crippen LogP contribution in [0.25, 0.3) is 16.5 Å². The number of ketones is 2. The SMILES string of the molecule is COc1cc2ncnc(Nc3ccc(N(C)C)cc3C3=CC(=O)C=CC3=O)c2cc1OC. The Hall–Kier alpha value is -4.20. The first-order valence-corrected chi connectivity index (χ1v) is 9.85. The Balaban J connectivity index is 1.85. The van der Waals surface area contributed by atoms with Crippen LogP contribution in [-0.4, -0.2) is 49.8 Å². The lowest BCUT2D eigenvalue weighted by molar-refractivity contribution is -0.113. The number of allylic oxidation sites excluding steroid dienone is 4. The molecule has 1 N–H and O–H groups in total. The van der Waals surface area contributed by atoms with Crippen LogP contribution in [0.3, 0.4) is 0 Å². The Morgan fingerprint density at radius 3 is 2.41 bits per heavy atom. The molecular formula is C24H22N4O4. The number of aromatic nitrogens is 2. The van der Waals surface area contributed by atoms with Crippen LogP contribution in [0.5, 0.6) is 11.5 Å². The summed E-state index contributed by atoms with van der Waals surface area (Å²) < 4.78 is 10.8. The Morgan fingerprint density at radius 1 is 0.938 bits per heavy atom. The van der Waals surface area contributed by atoms with E-state index in [0.717, 1.165) is 5.69 Å². The zero-order valence-corrected chi connectivity index (χ0v) is 18.2. The van der Waals surface area contributed by atoms with Crippen LogP contribution in [0.4, 0.5) is 17.2 Å². The van der Waals surface area contributed by atoms with E-state index in [9.17, 15) is 9.59 Å². The highest BCUT2D eigenvalue weighted by atomic mass is 16.5. The molecule has 8 heteroatoms. The normalized spacial score (nSPS) is 13.2. The number of fused-ring (bicyclic) bond motifs is 1. The highest BCUT2D eigenvalue weighted by Gasteiger charge is 2.20. The van der Waals surface area contributed by atoms with E-state index in [0.29, 0.717) is 45.0 Å². The molecule has 2 aromatic carbocycles. The van der Waals surface area contributed by atoms with Gasteiger partial charge in [-0.1, -0.05) is 0 Å². The van der Waals surface area contributed by atoms with Gasteiger partial charge in [0.1, 0.15) is 12.1 Å². The summed E-state index contributed by atoms with van der Waals surface area (Å²) in [6.07, 6.45) is 5.36. The molecule has 162 valence electrons. The van der Waals surface area contributed by atoms with Gasteiger partial charge in [0, 0.05) is 48.1 Å². The molecule has 0 aliphatic heterocycles. The van der Waals surface area contributed by atoms with Gasteiger partial charge in [-0.05, 0) is 42.5 Å². The summed E-state index contributed by atoms with van der Waals surface area (Å²) in [5, 5.41) is 4.02. The highest BCUT2D eigenvalue weighted by molar-refractivity contribution is 6.34. The molecule has 1 aliphatic carbocycles. The van der Waals surface area contributed by atoms with Gasteiger partial charge < -0.3 is 19.7 Å². The Bertz CT molecular complexity index is 1290. The maximum atomic E-state index is 12.6. The lowest BCUT2D eigenvalue weighted by Crippen LogP contribution is -2.12. The minimum Gasteiger partial charge on any atom is -0.493 e. The summed E-state index contributed by atoms with van der Waals surface area (Å²) in [7, 11) is 6.94. The standard InChI is InChI=1S/C24H22N4O4/c1-28(2)14-5-7-19(16(9-14)17-10-15(29)6-8-21(17)30)27-24-18-11-22(31-3)23(32-4)12-20(18)25-13-26-24/h5-13H,1-4H3,(H,25,26,27). The van der Waals surface area contributed by atoms with Crippen molar-refractivity contribution in [2.75, 3.05) is 38.5 Å². The predicted octanol–water partition coefficient (Wildman–Crippen LogP) is 3.55. The van der Waals surface area contributed by atoms with Gasteiger partial charge >= 0.3 is 0 Å². The number of rotatable bonds is 6.